The monoisotopic (exact) mass is 267 g/mol. The summed E-state index contributed by atoms with van der Waals surface area (Å²) in [6, 6.07) is 8.09. The molecular weight excluding hydrogens is 262 g/mol. The Morgan fingerprint density at radius 1 is 0.789 bits per heavy atom. The van der Waals surface area contributed by atoms with Crippen molar-refractivity contribution >= 4 is 10.9 Å². The van der Waals surface area contributed by atoms with E-state index in [4.69, 9.17) is 4.52 Å². The highest BCUT2D eigenvalue weighted by Crippen LogP contribution is 2.34. The zero-order valence-corrected chi connectivity index (χ0v) is 9.25. The first-order valence-corrected chi connectivity index (χ1v) is 5.28. The molecule has 0 saturated carbocycles. The van der Waals surface area contributed by atoms with Crippen LogP contribution in [0, 0.1) is 23.3 Å². The molecule has 0 unspecified atom stereocenters. The maximum atomic E-state index is 13.7. The quantitative estimate of drug-likeness (QED) is 0.377. The van der Waals surface area contributed by atoms with Crippen molar-refractivity contribution in [1.29, 1.82) is 0 Å². The van der Waals surface area contributed by atoms with Gasteiger partial charge in [0.1, 0.15) is 0 Å². The number of hydrogen-bond donors (Lipinski definition) is 0. The molecule has 19 heavy (non-hydrogen) atoms. The number of halogens is 4. The van der Waals surface area contributed by atoms with Crippen LogP contribution in [0.25, 0.3) is 22.2 Å². The molecule has 0 N–H and O–H groups in total. The van der Waals surface area contributed by atoms with Crippen molar-refractivity contribution < 1.29 is 22.1 Å². The van der Waals surface area contributed by atoms with Crippen LogP contribution in [-0.4, -0.2) is 5.16 Å². The Hall–Kier alpha value is -2.37. The normalized spacial score (nSPS) is 11.2. The van der Waals surface area contributed by atoms with Crippen molar-refractivity contribution in [2.24, 2.45) is 0 Å². The molecule has 0 amide bonds. The average Bonchev–Trinajstić information content (AvgIpc) is 2.88. The van der Waals surface area contributed by atoms with E-state index in [2.05, 4.69) is 5.16 Å². The van der Waals surface area contributed by atoms with Gasteiger partial charge in [-0.25, -0.2) is 17.6 Å². The van der Waals surface area contributed by atoms with Gasteiger partial charge in [0.25, 0.3) is 0 Å². The molecule has 1 heterocycles. The molecule has 1 aromatic heterocycles. The van der Waals surface area contributed by atoms with E-state index < -0.39 is 34.2 Å². The van der Waals surface area contributed by atoms with Crippen LogP contribution < -0.4 is 0 Å². The molecule has 3 aromatic rings. The summed E-state index contributed by atoms with van der Waals surface area (Å²) in [5, 5.41) is 2.75. The van der Waals surface area contributed by atoms with E-state index in [-0.39, 0.29) is 5.76 Å². The van der Waals surface area contributed by atoms with E-state index in [0.29, 0.717) is 5.56 Å². The summed E-state index contributed by atoms with van der Waals surface area (Å²) in [5.74, 6) is -7.02. The van der Waals surface area contributed by atoms with Gasteiger partial charge in [0, 0.05) is 5.56 Å². The molecule has 2 nitrogen and oxygen atoms in total. The first-order valence-electron chi connectivity index (χ1n) is 5.28. The van der Waals surface area contributed by atoms with Crippen LogP contribution in [-0.2, 0) is 0 Å². The summed E-state index contributed by atoms with van der Waals surface area (Å²) < 4.78 is 58.3. The van der Waals surface area contributed by atoms with Crippen molar-refractivity contribution in [3.8, 4) is 11.3 Å². The van der Waals surface area contributed by atoms with Crippen LogP contribution >= 0.6 is 0 Å². The van der Waals surface area contributed by atoms with E-state index >= 15 is 0 Å². The maximum absolute atomic E-state index is 13.7. The molecule has 0 aliphatic carbocycles. The Morgan fingerprint density at radius 3 is 2.11 bits per heavy atom. The number of aromatic nitrogens is 1. The van der Waals surface area contributed by atoms with E-state index in [1.165, 1.54) is 0 Å². The molecule has 96 valence electrons. The fraction of sp³-hybridized carbons (Fsp3) is 0. The van der Waals surface area contributed by atoms with Crippen LogP contribution in [0.4, 0.5) is 17.6 Å². The largest absolute Gasteiger partial charge is 0.355 e. The summed E-state index contributed by atoms with van der Waals surface area (Å²) in [5.41, 5.74) is -0.287. The van der Waals surface area contributed by atoms with Crippen LogP contribution in [0.1, 0.15) is 0 Å². The van der Waals surface area contributed by atoms with Crippen molar-refractivity contribution in [2.75, 3.05) is 0 Å². The molecule has 3 rings (SSSR count). The summed E-state index contributed by atoms with van der Waals surface area (Å²) in [6.07, 6.45) is 0. The number of fused-ring (bicyclic) bond motifs is 1. The molecule has 0 saturated heterocycles. The Labute approximate surface area is 104 Å². The summed E-state index contributed by atoms with van der Waals surface area (Å²) in [7, 11) is 0. The average molecular weight is 267 g/mol. The number of hydrogen-bond acceptors (Lipinski definition) is 2. The molecule has 0 aliphatic heterocycles. The first kappa shape index (κ1) is 11.7. The van der Waals surface area contributed by atoms with Gasteiger partial charge in [-0.3, -0.25) is 0 Å². The van der Waals surface area contributed by atoms with Gasteiger partial charge in [-0.2, -0.15) is 0 Å². The van der Waals surface area contributed by atoms with Gasteiger partial charge in [-0.15, -0.1) is 0 Å². The van der Waals surface area contributed by atoms with E-state index in [1.54, 1.807) is 30.3 Å². The summed E-state index contributed by atoms with van der Waals surface area (Å²) >= 11 is 0. The summed E-state index contributed by atoms with van der Waals surface area (Å²) in [6.45, 7) is 0. The van der Waals surface area contributed by atoms with Gasteiger partial charge >= 0.3 is 0 Å². The second-order valence-electron chi connectivity index (χ2n) is 3.86. The van der Waals surface area contributed by atoms with Gasteiger partial charge in [-0.1, -0.05) is 35.5 Å². The third kappa shape index (κ3) is 1.60. The minimum atomic E-state index is -1.90. The van der Waals surface area contributed by atoms with Crippen LogP contribution in [0.2, 0.25) is 0 Å². The van der Waals surface area contributed by atoms with Crippen LogP contribution in [0.3, 0.4) is 0 Å². The van der Waals surface area contributed by atoms with Gasteiger partial charge in [-0.05, 0) is 0 Å². The Kier molecular flexibility index (Phi) is 2.51. The lowest BCUT2D eigenvalue weighted by molar-refractivity contribution is 0.413. The molecule has 6 heteroatoms. The lowest BCUT2D eigenvalue weighted by Gasteiger charge is -2.00. The summed E-state index contributed by atoms with van der Waals surface area (Å²) in [4.78, 5) is 0. The smallest absolute Gasteiger partial charge is 0.199 e. The molecule has 0 fully saturated rings. The third-order valence-corrected chi connectivity index (χ3v) is 2.73. The van der Waals surface area contributed by atoms with Gasteiger partial charge in [0.05, 0.1) is 5.39 Å². The van der Waals surface area contributed by atoms with E-state index in [0.717, 1.165) is 0 Å². The lowest BCUT2D eigenvalue weighted by atomic mass is 10.1. The zero-order chi connectivity index (χ0) is 13.6. The Balaban J connectivity index is 2.42. The lowest BCUT2D eigenvalue weighted by Crippen LogP contribution is -1.97. The topological polar surface area (TPSA) is 26.0 Å². The third-order valence-electron chi connectivity index (χ3n) is 2.73. The molecule has 0 radical (unpaired) electrons. The fourth-order valence-electron chi connectivity index (χ4n) is 1.84. The highest BCUT2D eigenvalue weighted by molar-refractivity contribution is 5.92. The predicted octanol–water partition coefficient (Wildman–Crippen LogP) is 4.05. The minimum absolute atomic E-state index is 0.147. The van der Waals surface area contributed by atoms with Crippen molar-refractivity contribution in [2.45, 2.75) is 0 Å². The van der Waals surface area contributed by atoms with E-state index in [1.807, 2.05) is 0 Å². The van der Waals surface area contributed by atoms with E-state index in [9.17, 15) is 17.6 Å². The Morgan fingerprint density at radius 2 is 1.42 bits per heavy atom. The number of nitrogens with zero attached hydrogens (tertiary/aromatic N) is 1. The maximum Gasteiger partial charge on any atom is 0.199 e. The number of benzene rings is 2. The molecule has 0 spiro atoms. The fourth-order valence-corrected chi connectivity index (χ4v) is 1.84. The van der Waals surface area contributed by atoms with Crippen molar-refractivity contribution in [1.82, 2.24) is 5.16 Å². The highest BCUT2D eigenvalue weighted by atomic mass is 19.2. The highest BCUT2D eigenvalue weighted by Gasteiger charge is 2.26. The molecular formula is C13H5F4NO. The molecule has 0 atom stereocenters. The van der Waals surface area contributed by atoms with Crippen molar-refractivity contribution in [3.05, 3.63) is 53.6 Å². The second-order valence-corrected chi connectivity index (χ2v) is 3.86. The SMILES string of the molecule is Fc1c(F)c(F)c2c(-c3ccccc3)onc2c1F. The molecule has 0 aliphatic rings. The Bertz CT molecular complexity index is 767. The predicted molar refractivity (Wildman–Crippen MR) is 59.3 cm³/mol. The van der Waals surface area contributed by atoms with Crippen LogP contribution in [0.5, 0.6) is 0 Å². The van der Waals surface area contributed by atoms with Gasteiger partial charge < -0.3 is 4.52 Å². The molecule has 2 aromatic carbocycles. The van der Waals surface area contributed by atoms with Crippen LogP contribution in [0.15, 0.2) is 34.9 Å². The number of rotatable bonds is 1. The van der Waals surface area contributed by atoms with Gasteiger partial charge in [0.2, 0.25) is 0 Å². The minimum Gasteiger partial charge on any atom is -0.355 e. The van der Waals surface area contributed by atoms with Gasteiger partial charge in [0.15, 0.2) is 34.5 Å². The standard InChI is InChI=1S/C13H5F4NO/c14-8-7-12(11(17)10(16)9(8)15)18-19-13(7)6-4-2-1-3-5-6/h1-5H. The molecule has 0 bridgehead atoms. The zero-order valence-electron chi connectivity index (χ0n) is 9.25. The second kappa shape index (κ2) is 4.08. The first-order chi connectivity index (χ1) is 9.11. The van der Waals surface area contributed by atoms with Crippen molar-refractivity contribution in [3.63, 3.8) is 0 Å².